The lowest BCUT2D eigenvalue weighted by Crippen LogP contribution is -2.42. The molecular weight excluding hydrogens is 402 g/mol. The first kappa shape index (κ1) is 21.3. The Morgan fingerprint density at radius 3 is 2.62 bits per heavy atom. The molecule has 1 aromatic heterocycles. The molecule has 2 amide bonds. The van der Waals surface area contributed by atoms with Crippen LogP contribution in [-0.2, 0) is 16.2 Å². The maximum Gasteiger partial charge on any atom is 0.249 e. The fourth-order valence-corrected chi connectivity index (χ4v) is 3.65. The second-order valence-corrected chi connectivity index (χ2v) is 7.63. The zero-order chi connectivity index (χ0) is 22.3. The van der Waals surface area contributed by atoms with E-state index in [0.29, 0.717) is 19.6 Å². The van der Waals surface area contributed by atoms with Gasteiger partial charge in [0.25, 0.3) is 0 Å². The van der Waals surface area contributed by atoms with Gasteiger partial charge in [0.05, 0.1) is 0 Å². The monoisotopic (exact) mass is 427 g/mol. The molecule has 4 rings (SSSR count). The predicted molar refractivity (Wildman–Crippen MR) is 124 cm³/mol. The van der Waals surface area contributed by atoms with Crippen LogP contribution in [0.5, 0.6) is 5.75 Å². The SMILES string of the molecule is CN(C(=O)/C=C/c1ccc(OCc2cccnc2)cc1)C1CCN(c2ccccc2)C1=O. The van der Waals surface area contributed by atoms with E-state index in [1.165, 1.54) is 11.0 Å². The number of hydrogen-bond acceptors (Lipinski definition) is 4. The molecule has 0 spiro atoms. The highest BCUT2D eigenvalue weighted by molar-refractivity contribution is 6.03. The highest BCUT2D eigenvalue weighted by Crippen LogP contribution is 2.24. The Bertz CT molecular complexity index is 1080. The van der Waals surface area contributed by atoms with Gasteiger partial charge in [-0.05, 0) is 48.4 Å². The molecule has 162 valence electrons. The number of hydrogen-bond donors (Lipinski definition) is 0. The third-order valence-electron chi connectivity index (χ3n) is 5.49. The van der Waals surface area contributed by atoms with Gasteiger partial charge in [0.2, 0.25) is 11.8 Å². The second kappa shape index (κ2) is 9.92. The third-order valence-corrected chi connectivity index (χ3v) is 5.49. The largest absolute Gasteiger partial charge is 0.489 e. The van der Waals surface area contributed by atoms with Crippen LogP contribution in [0.3, 0.4) is 0 Å². The second-order valence-electron chi connectivity index (χ2n) is 7.63. The van der Waals surface area contributed by atoms with Crippen molar-refractivity contribution in [3.05, 3.63) is 96.3 Å². The molecule has 0 bridgehead atoms. The first-order valence-electron chi connectivity index (χ1n) is 10.5. The lowest BCUT2D eigenvalue weighted by Gasteiger charge is -2.23. The van der Waals surface area contributed by atoms with Crippen LogP contribution in [-0.4, -0.2) is 41.3 Å². The van der Waals surface area contributed by atoms with Gasteiger partial charge in [-0.25, -0.2) is 0 Å². The molecule has 0 radical (unpaired) electrons. The van der Waals surface area contributed by atoms with Crippen molar-refractivity contribution in [2.75, 3.05) is 18.5 Å². The molecule has 2 aromatic carbocycles. The van der Waals surface area contributed by atoms with Gasteiger partial charge in [-0.1, -0.05) is 36.4 Å². The van der Waals surface area contributed by atoms with Crippen molar-refractivity contribution >= 4 is 23.6 Å². The summed E-state index contributed by atoms with van der Waals surface area (Å²) < 4.78 is 5.76. The number of amides is 2. The minimum Gasteiger partial charge on any atom is -0.489 e. The highest BCUT2D eigenvalue weighted by atomic mass is 16.5. The average molecular weight is 428 g/mol. The maximum absolute atomic E-state index is 12.8. The molecule has 1 fully saturated rings. The van der Waals surface area contributed by atoms with E-state index in [-0.39, 0.29) is 11.8 Å². The molecule has 0 aliphatic carbocycles. The quantitative estimate of drug-likeness (QED) is 0.536. The van der Waals surface area contributed by atoms with Crippen LogP contribution in [0.15, 0.2) is 85.2 Å². The summed E-state index contributed by atoms with van der Waals surface area (Å²) in [5.41, 5.74) is 2.74. The molecule has 1 aliphatic heterocycles. The molecule has 0 saturated carbocycles. The summed E-state index contributed by atoms with van der Waals surface area (Å²) in [6.07, 6.45) is 7.37. The number of rotatable bonds is 7. The van der Waals surface area contributed by atoms with E-state index in [1.807, 2.05) is 66.7 Å². The standard InChI is InChI=1S/C26H25N3O3/c1-28(24-15-17-29(26(24)31)22-7-3-2-4-8-22)25(30)14-11-20-9-12-23(13-10-20)32-19-21-6-5-16-27-18-21/h2-14,16,18,24H,15,17,19H2,1H3/b14-11+. The van der Waals surface area contributed by atoms with Crippen LogP contribution < -0.4 is 9.64 Å². The van der Waals surface area contributed by atoms with Gasteiger partial charge in [-0.2, -0.15) is 0 Å². The average Bonchev–Trinajstić information content (AvgIpc) is 3.23. The van der Waals surface area contributed by atoms with E-state index in [4.69, 9.17) is 4.74 Å². The molecule has 1 unspecified atom stereocenters. The molecule has 1 atom stereocenters. The molecule has 1 saturated heterocycles. The summed E-state index contributed by atoms with van der Waals surface area (Å²) >= 11 is 0. The summed E-state index contributed by atoms with van der Waals surface area (Å²) in [7, 11) is 1.68. The number of likely N-dealkylation sites (N-methyl/N-ethyl adjacent to an activating group) is 1. The van der Waals surface area contributed by atoms with E-state index in [0.717, 1.165) is 22.6 Å². The van der Waals surface area contributed by atoms with Crippen LogP contribution in [0.4, 0.5) is 5.69 Å². The molecular formula is C26H25N3O3. The van der Waals surface area contributed by atoms with E-state index in [9.17, 15) is 9.59 Å². The topological polar surface area (TPSA) is 62.7 Å². The van der Waals surface area contributed by atoms with Gasteiger partial charge in [-0.15, -0.1) is 0 Å². The fraction of sp³-hybridized carbons (Fsp3) is 0.192. The first-order chi connectivity index (χ1) is 15.6. The minimum atomic E-state index is -0.449. The first-order valence-corrected chi connectivity index (χ1v) is 10.5. The van der Waals surface area contributed by atoms with E-state index in [1.54, 1.807) is 30.4 Å². The van der Waals surface area contributed by atoms with Crippen molar-refractivity contribution in [3.8, 4) is 5.75 Å². The zero-order valence-corrected chi connectivity index (χ0v) is 17.9. The van der Waals surface area contributed by atoms with Crippen LogP contribution >= 0.6 is 0 Å². The minimum absolute atomic E-state index is 0.0458. The smallest absolute Gasteiger partial charge is 0.249 e. The molecule has 2 heterocycles. The van der Waals surface area contributed by atoms with Crippen molar-refractivity contribution < 1.29 is 14.3 Å². The number of pyridine rings is 1. The molecule has 32 heavy (non-hydrogen) atoms. The Hall–Kier alpha value is -3.93. The number of aromatic nitrogens is 1. The normalized spacial score (nSPS) is 15.8. The van der Waals surface area contributed by atoms with Crippen molar-refractivity contribution in [2.24, 2.45) is 0 Å². The number of carbonyl (C=O) groups excluding carboxylic acids is 2. The van der Waals surface area contributed by atoms with Gasteiger partial charge < -0.3 is 14.5 Å². The van der Waals surface area contributed by atoms with Crippen LogP contribution in [0.2, 0.25) is 0 Å². The van der Waals surface area contributed by atoms with Gasteiger partial charge in [0.15, 0.2) is 0 Å². The van der Waals surface area contributed by atoms with Crippen molar-refractivity contribution in [1.29, 1.82) is 0 Å². The van der Waals surface area contributed by atoms with E-state index < -0.39 is 6.04 Å². The third kappa shape index (κ3) is 5.03. The maximum atomic E-state index is 12.8. The van der Waals surface area contributed by atoms with Gasteiger partial charge >= 0.3 is 0 Å². The zero-order valence-electron chi connectivity index (χ0n) is 17.9. The molecule has 1 aliphatic rings. The van der Waals surface area contributed by atoms with Gasteiger partial charge in [0, 0.05) is 43.3 Å². The van der Waals surface area contributed by atoms with Crippen LogP contribution in [0.1, 0.15) is 17.5 Å². The summed E-state index contributed by atoms with van der Waals surface area (Å²) in [6.45, 7) is 1.05. The number of ether oxygens (including phenoxy) is 1. The Kier molecular flexibility index (Phi) is 6.60. The summed E-state index contributed by atoms with van der Waals surface area (Å²) in [4.78, 5) is 32.8. The van der Waals surface area contributed by atoms with Gasteiger partial charge in [0.1, 0.15) is 18.4 Å². The lowest BCUT2D eigenvalue weighted by molar-refractivity contribution is -0.132. The van der Waals surface area contributed by atoms with Crippen molar-refractivity contribution in [2.45, 2.75) is 19.1 Å². The summed E-state index contributed by atoms with van der Waals surface area (Å²) in [5.74, 6) is 0.498. The number of benzene rings is 2. The summed E-state index contributed by atoms with van der Waals surface area (Å²) in [6, 6.07) is 20.4. The Labute approximate surface area is 187 Å². The number of anilines is 1. The number of para-hydroxylation sites is 1. The molecule has 6 nitrogen and oxygen atoms in total. The highest BCUT2D eigenvalue weighted by Gasteiger charge is 2.36. The van der Waals surface area contributed by atoms with Crippen molar-refractivity contribution in [3.63, 3.8) is 0 Å². The molecule has 3 aromatic rings. The van der Waals surface area contributed by atoms with E-state index in [2.05, 4.69) is 4.98 Å². The Balaban J connectivity index is 1.32. The lowest BCUT2D eigenvalue weighted by atomic mass is 10.2. The van der Waals surface area contributed by atoms with Crippen molar-refractivity contribution in [1.82, 2.24) is 9.88 Å². The molecule has 0 N–H and O–H groups in total. The fourth-order valence-electron chi connectivity index (χ4n) is 3.65. The Morgan fingerprint density at radius 2 is 1.91 bits per heavy atom. The number of nitrogens with zero attached hydrogens (tertiary/aromatic N) is 3. The number of carbonyl (C=O) groups is 2. The van der Waals surface area contributed by atoms with Crippen LogP contribution in [0.25, 0.3) is 6.08 Å². The Morgan fingerprint density at radius 1 is 1.12 bits per heavy atom. The predicted octanol–water partition coefficient (Wildman–Crippen LogP) is 3.94. The van der Waals surface area contributed by atoms with Crippen LogP contribution in [0, 0.1) is 0 Å². The van der Waals surface area contributed by atoms with Gasteiger partial charge in [-0.3, -0.25) is 14.6 Å². The molecule has 6 heteroatoms. The summed E-state index contributed by atoms with van der Waals surface area (Å²) in [5, 5.41) is 0. The van der Waals surface area contributed by atoms with E-state index >= 15 is 0 Å².